The summed E-state index contributed by atoms with van der Waals surface area (Å²) in [6, 6.07) is 6.67. The fraction of sp³-hybridized carbons (Fsp3) is 0.286. The van der Waals surface area contributed by atoms with Crippen molar-refractivity contribution in [1.82, 2.24) is 9.13 Å². The van der Waals surface area contributed by atoms with E-state index in [1.54, 1.807) is 45.8 Å². The molecule has 0 aliphatic heterocycles. The third-order valence-electron chi connectivity index (χ3n) is 2.98. The highest BCUT2D eigenvalue weighted by atomic mass is 16.4. The SMILES string of the molecule is CC(C)n1ccn(Cc2ccc(C(=O)O)cc2)c1=O. The highest BCUT2D eigenvalue weighted by Crippen LogP contribution is 2.06. The van der Waals surface area contributed by atoms with E-state index in [2.05, 4.69) is 0 Å². The van der Waals surface area contributed by atoms with E-state index in [-0.39, 0.29) is 17.3 Å². The fourth-order valence-corrected chi connectivity index (χ4v) is 1.89. The Bertz CT molecular complexity index is 635. The molecule has 0 radical (unpaired) electrons. The van der Waals surface area contributed by atoms with Gasteiger partial charge in [0, 0.05) is 18.4 Å². The number of hydrogen-bond acceptors (Lipinski definition) is 2. The molecular formula is C14H16N2O3. The summed E-state index contributed by atoms with van der Waals surface area (Å²) in [4.78, 5) is 22.8. The molecule has 0 atom stereocenters. The minimum absolute atomic E-state index is 0.0580. The highest BCUT2D eigenvalue weighted by Gasteiger charge is 2.07. The smallest absolute Gasteiger partial charge is 0.335 e. The number of carboxylic acids is 1. The van der Waals surface area contributed by atoms with Crippen molar-refractivity contribution in [2.24, 2.45) is 0 Å². The van der Waals surface area contributed by atoms with Crippen LogP contribution in [-0.2, 0) is 6.54 Å². The number of carboxylic acid groups (broad SMARTS) is 1. The molecule has 0 amide bonds. The van der Waals surface area contributed by atoms with E-state index in [0.717, 1.165) is 5.56 Å². The number of aromatic carboxylic acids is 1. The van der Waals surface area contributed by atoms with Crippen LogP contribution in [0, 0.1) is 0 Å². The van der Waals surface area contributed by atoms with Gasteiger partial charge in [-0.05, 0) is 31.5 Å². The molecule has 0 fully saturated rings. The Morgan fingerprint density at radius 2 is 1.84 bits per heavy atom. The van der Waals surface area contributed by atoms with Crippen molar-refractivity contribution in [1.29, 1.82) is 0 Å². The van der Waals surface area contributed by atoms with E-state index in [0.29, 0.717) is 6.54 Å². The lowest BCUT2D eigenvalue weighted by Crippen LogP contribution is -2.25. The maximum absolute atomic E-state index is 12.0. The normalized spacial score (nSPS) is 10.9. The Kier molecular flexibility index (Phi) is 3.55. The molecule has 1 heterocycles. The number of nitrogens with zero attached hydrogens (tertiary/aromatic N) is 2. The zero-order valence-corrected chi connectivity index (χ0v) is 10.9. The van der Waals surface area contributed by atoms with Gasteiger partial charge >= 0.3 is 11.7 Å². The third kappa shape index (κ3) is 2.76. The molecule has 0 bridgehead atoms. The van der Waals surface area contributed by atoms with Crippen LogP contribution in [0.3, 0.4) is 0 Å². The summed E-state index contributed by atoms with van der Waals surface area (Å²) >= 11 is 0. The van der Waals surface area contributed by atoms with E-state index in [4.69, 9.17) is 5.11 Å². The summed E-state index contributed by atoms with van der Waals surface area (Å²) in [6.07, 6.45) is 3.51. The molecule has 1 aromatic carbocycles. The Morgan fingerprint density at radius 1 is 1.21 bits per heavy atom. The predicted molar refractivity (Wildman–Crippen MR) is 71.6 cm³/mol. The summed E-state index contributed by atoms with van der Waals surface area (Å²) in [7, 11) is 0. The highest BCUT2D eigenvalue weighted by molar-refractivity contribution is 5.87. The number of hydrogen-bond donors (Lipinski definition) is 1. The van der Waals surface area contributed by atoms with E-state index in [9.17, 15) is 9.59 Å². The van der Waals surface area contributed by atoms with Crippen molar-refractivity contribution in [3.05, 3.63) is 58.3 Å². The van der Waals surface area contributed by atoms with Gasteiger partial charge in [0.25, 0.3) is 0 Å². The number of imidazole rings is 1. The first-order chi connectivity index (χ1) is 8.99. The summed E-state index contributed by atoms with van der Waals surface area (Å²) in [6.45, 7) is 4.35. The third-order valence-corrected chi connectivity index (χ3v) is 2.98. The lowest BCUT2D eigenvalue weighted by atomic mass is 10.1. The van der Waals surface area contributed by atoms with Crippen LogP contribution < -0.4 is 5.69 Å². The Morgan fingerprint density at radius 3 is 2.32 bits per heavy atom. The zero-order valence-electron chi connectivity index (χ0n) is 10.9. The molecule has 1 N–H and O–H groups in total. The minimum Gasteiger partial charge on any atom is -0.478 e. The molecule has 19 heavy (non-hydrogen) atoms. The quantitative estimate of drug-likeness (QED) is 0.914. The van der Waals surface area contributed by atoms with E-state index < -0.39 is 5.97 Å². The van der Waals surface area contributed by atoms with Crippen molar-refractivity contribution in [2.75, 3.05) is 0 Å². The molecule has 100 valence electrons. The standard InChI is InChI=1S/C14H16N2O3/c1-10(2)16-8-7-15(14(16)19)9-11-3-5-12(6-4-11)13(17)18/h3-8,10H,9H2,1-2H3,(H,17,18). The molecule has 0 aliphatic rings. The molecule has 1 aromatic heterocycles. The van der Waals surface area contributed by atoms with Gasteiger partial charge in [0.1, 0.15) is 0 Å². The number of carbonyl (C=O) groups is 1. The summed E-state index contributed by atoms with van der Waals surface area (Å²) in [5.74, 6) is -0.949. The van der Waals surface area contributed by atoms with Gasteiger partial charge in [0.2, 0.25) is 0 Å². The van der Waals surface area contributed by atoms with Gasteiger partial charge in [-0.2, -0.15) is 0 Å². The van der Waals surface area contributed by atoms with E-state index in [1.165, 1.54) is 0 Å². The van der Waals surface area contributed by atoms with Crippen molar-refractivity contribution in [3.8, 4) is 0 Å². The van der Waals surface area contributed by atoms with E-state index in [1.807, 2.05) is 13.8 Å². The molecule has 2 aromatic rings. The van der Waals surface area contributed by atoms with Gasteiger partial charge in [-0.1, -0.05) is 12.1 Å². The molecule has 0 aliphatic carbocycles. The van der Waals surface area contributed by atoms with Crippen molar-refractivity contribution < 1.29 is 9.90 Å². The topological polar surface area (TPSA) is 64.2 Å². The lowest BCUT2D eigenvalue weighted by Gasteiger charge is -2.05. The first-order valence-electron chi connectivity index (χ1n) is 6.08. The molecule has 2 rings (SSSR count). The first-order valence-corrected chi connectivity index (χ1v) is 6.08. The van der Waals surface area contributed by atoms with Crippen LogP contribution in [0.25, 0.3) is 0 Å². The molecule has 5 nitrogen and oxygen atoms in total. The van der Waals surface area contributed by atoms with Gasteiger partial charge in [-0.3, -0.25) is 9.13 Å². The maximum atomic E-state index is 12.0. The van der Waals surface area contributed by atoms with Crippen LogP contribution in [0.4, 0.5) is 0 Å². The van der Waals surface area contributed by atoms with Crippen LogP contribution in [0.1, 0.15) is 35.8 Å². The molecule has 0 unspecified atom stereocenters. The van der Waals surface area contributed by atoms with Crippen molar-refractivity contribution >= 4 is 5.97 Å². The second kappa shape index (κ2) is 5.14. The summed E-state index contributed by atoms with van der Waals surface area (Å²) < 4.78 is 3.27. The second-order valence-electron chi connectivity index (χ2n) is 4.71. The zero-order chi connectivity index (χ0) is 14.0. The predicted octanol–water partition coefficient (Wildman–Crippen LogP) is 1.98. The van der Waals surface area contributed by atoms with Gasteiger partial charge in [0.05, 0.1) is 12.1 Å². The Labute approximate surface area is 110 Å². The van der Waals surface area contributed by atoms with Crippen LogP contribution in [0.15, 0.2) is 41.5 Å². The molecular weight excluding hydrogens is 244 g/mol. The van der Waals surface area contributed by atoms with Crippen molar-refractivity contribution in [2.45, 2.75) is 26.4 Å². The molecule has 0 saturated carbocycles. The number of aromatic nitrogens is 2. The largest absolute Gasteiger partial charge is 0.478 e. The monoisotopic (exact) mass is 260 g/mol. The summed E-state index contributed by atoms with van der Waals surface area (Å²) in [5, 5.41) is 8.82. The molecule has 0 saturated heterocycles. The number of rotatable bonds is 4. The maximum Gasteiger partial charge on any atom is 0.335 e. The van der Waals surface area contributed by atoms with E-state index >= 15 is 0 Å². The Hall–Kier alpha value is -2.30. The van der Waals surface area contributed by atoms with Gasteiger partial charge in [0.15, 0.2) is 0 Å². The van der Waals surface area contributed by atoms with Gasteiger partial charge in [-0.25, -0.2) is 9.59 Å². The van der Waals surface area contributed by atoms with Crippen LogP contribution >= 0.6 is 0 Å². The lowest BCUT2D eigenvalue weighted by molar-refractivity contribution is 0.0697. The molecule has 0 spiro atoms. The Balaban J connectivity index is 2.22. The second-order valence-corrected chi connectivity index (χ2v) is 4.71. The number of benzene rings is 1. The van der Waals surface area contributed by atoms with Crippen LogP contribution in [-0.4, -0.2) is 20.2 Å². The van der Waals surface area contributed by atoms with Gasteiger partial charge < -0.3 is 5.11 Å². The van der Waals surface area contributed by atoms with Crippen LogP contribution in [0.2, 0.25) is 0 Å². The minimum atomic E-state index is -0.949. The fourth-order valence-electron chi connectivity index (χ4n) is 1.89. The van der Waals surface area contributed by atoms with Crippen LogP contribution in [0.5, 0.6) is 0 Å². The average molecular weight is 260 g/mol. The van der Waals surface area contributed by atoms with Gasteiger partial charge in [-0.15, -0.1) is 0 Å². The molecule has 5 heteroatoms. The average Bonchev–Trinajstić information content (AvgIpc) is 2.72. The first kappa shape index (κ1) is 13.1. The summed E-state index contributed by atoms with van der Waals surface area (Å²) in [5.41, 5.74) is 1.08. The van der Waals surface area contributed by atoms with Crippen molar-refractivity contribution in [3.63, 3.8) is 0 Å².